The Labute approximate surface area is 125 Å². The first kappa shape index (κ1) is 16.4. The monoisotopic (exact) mass is 293 g/mol. The van der Waals surface area contributed by atoms with Crippen molar-refractivity contribution in [3.05, 3.63) is 29.3 Å². The average molecular weight is 294 g/mol. The van der Waals surface area contributed by atoms with E-state index >= 15 is 0 Å². The van der Waals surface area contributed by atoms with Crippen LogP contribution in [-0.2, 0) is 0 Å². The molecule has 1 aromatic carbocycles. The average Bonchev–Trinajstić information content (AvgIpc) is 2.46. The topological polar surface area (TPSA) is 42.2 Å². The molecule has 1 rings (SSSR count). The van der Waals surface area contributed by atoms with Crippen LogP contribution in [0.25, 0.3) is 5.03 Å². The van der Waals surface area contributed by atoms with Crippen molar-refractivity contribution >= 4 is 16.6 Å². The van der Waals surface area contributed by atoms with Crippen LogP contribution in [0.5, 0.6) is 11.5 Å². The van der Waals surface area contributed by atoms with Gasteiger partial charge in [-0.15, -0.1) is 0 Å². The van der Waals surface area contributed by atoms with Crippen LogP contribution in [0.2, 0.25) is 0 Å². The number of ether oxygens (including phenoxy) is 2. The van der Waals surface area contributed by atoms with E-state index in [0.29, 0.717) is 41.7 Å². The lowest BCUT2D eigenvalue weighted by Gasteiger charge is -2.12. The lowest BCUT2D eigenvalue weighted by molar-refractivity contribution is 0.287. The van der Waals surface area contributed by atoms with Gasteiger partial charge in [0, 0.05) is 5.57 Å². The maximum absolute atomic E-state index is 9.15. The van der Waals surface area contributed by atoms with Crippen molar-refractivity contribution in [3.8, 4) is 17.6 Å². The maximum Gasteiger partial charge on any atom is 0.161 e. The Morgan fingerprint density at radius 2 is 1.80 bits per heavy atom. The standard InChI is InChI=1S/C16H20ClNO2/c1-4-7-13(11-18)16(17)12-8-9-14(19-5-2)15(10-12)20-6-3/h8-10H,4-7H2,1-3H3. The van der Waals surface area contributed by atoms with E-state index in [2.05, 4.69) is 6.07 Å². The molecule has 0 aliphatic carbocycles. The van der Waals surface area contributed by atoms with Crippen molar-refractivity contribution in [2.75, 3.05) is 13.2 Å². The van der Waals surface area contributed by atoms with Gasteiger partial charge >= 0.3 is 0 Å². The zero-order valence-electron chi connectivity index (χ0n) is 12.2. The fourth-order valence-electron chi connectivity index (χ4n) is 1.83. The largest absolute Gasteiger partial charge is 0.490 e. The molecule has 0 saturated heterocycles. The minimum absolute atomic E-state index is 0.485. The summed E-state index contributed by atoms with van der Waals surface area (Å²) in [5, 5.41) is 9.64. The number of allylic oxidation sites excluding steroid dienone is 1. The molecule has 0 aliphatic rings. The molecular weight excluding hydrogens is 274 g/mol. The Bertz CT molecular complexity index is 518. The van der Waals surface area contributed by atoms with Gasteiger partial charge in [-0.25, -0.2) is 0 Å². The Hall–Kier alpha value is -1.66. The molecule has 0 heterocycles. The number of benzene rings is 1. The van der Waals surface area contributed by atoms with Gasteiger partial charge in [0.15, 0.2) is 11.5 Å². The highest BCUT2D eigenvalue weighted by Gasteiger charge is 2.11. The molecule has 3 nitrogen and oxygen atoms in total. The highest BCUT2D eigenvalue weighted by molar-refractivity contribution is 6.49. The molecule has 108 valence electrons. The third-order valence-electron chi connectivity index (χ3n) is 2.70. The van der Waals surface area contributed by atoms with Crippen LogP contribution >= 0.6 is 11.6 Å². The van der Waals surface area contributed by atoms with Crippen molar-refractivity contribution in [1.29, 1.82) is 5.26 Å². The second kappa shape index (κ2) is 8.50. The minimum Gasteiger partial charge on any atom is -0.490 e. The zero-order valence-corrected chi connectivity index (χ0v) is 13.0. The number of nitrogens with zero attached hydrogens (tertiary/aromatic N) is 1. The Kier molecular flexibility index (Phi) is 6.97. The van der Waals surface area contributed by atoms with Crippen LogP contribution in [0, 0.1) is 11.3 Å². The normalized spacial score (nSPS) is 11.6. The first-order chi connectivity index (χ1) is 9.67. The minimum atomic E-state index is 0.485. The highest BCUT2D eigenvalue weighted by atomic mass is 35.5. The van der Waals surface area contributed by atoms with Crippen LogP contribution in [-0.4, -0.2) is 13.2 Å². The van der Waals surface area contributed by atoms with Crippen molar-refractivity contribution < 1.29 is 9.47 Å². The molecule has 0 saturated carbocycles. The predicted octanol–water partition coefficient (Wildman–Crippen LogP) is 4.76. The van der Waals surface area contributed by atoms with Crippen LogP contribution in [0.4, 0.5) is 0 Å². The molecular formula is C16H20ClNO2. The molecule has 0 bridgehead atoms. The van der Waals surface area contributed by atoms with E-state index in [1.54, 1.807) is 0 Å². The third kappa shape index (κ3) is 4.18. The molecule has 0 aliphatic heterocycles. The van der Waals surface area contributed by atoms with Crippen LogP contribution in [0.15, 0.2) is 23.8 Å². The van der Waals surface area contributed by atoms with E-state index in [0.717, 1.165) is 12.0 Å². The lowest BCUT2D eigenvalue weighted by atomic mass is 10.1. The second-order valence-electron chi connectivity index (χ2n) is 4.18. The summed E-state index contributed by atoms with van der Waals surface area (Å²) in [7, 11) is 0. The fraction of sp³-hybridized carbons (Fsp3) is 0.438. The molecule has 1 aromatic rings. The van der Waals surface area contributed by atoms with Gasteiger partial charge in [-0.1, -0.05) is 24.9 Å². The zero-order chi connectivity index (χ0) is 15.0. The molecule has 0 radical (unpaired) electrons. The van der Waals surface area contributed by atoms with Gasteiger partial charge in [0.2, 0.25) is 0 Å². The predicted molar refractivity (Wildman–Crippen MR) is 82.1 cm³/mol. The Morgan fingerprint density at radius 1 is 1.15 bits per heavy atom. The molecule has 0 atom stereocenters. The van der Waals surface area contributed by atoms with Gasteiger partial charge in [-0.3, -0.25) is 0 Å². The highest BCUT2D eigenvalue weighted by Crippen LogP contribution is 2.34. The SMILES string of the molecule is CCCC(C#N)=C(Cl)c1ccc(OCC)c(OCC)c1. The molecule has 0 unspecified atom stereocenters. The van der Waals surface area contributed by atoms with Gasteiger partial charge in [0.25, 0.3) is 0 Å². The van der Waals surface area contributed by atoms with Gasteiger partial charge in [-0.05, 0) is 44.0 Å². The van der Waals surface area contributed by atoms with E-state index in [4.69, 9.17) is 26.3 Å². The summed E-state index contributed by atoms with van der Waals surface area (Å²) in [6.07, 6.45) is 1.56. The number of halogens is 1. The van der Waals surface area contributed by atoms with E-state index in [1.807, 2.05) is 39.0 Å². The van der Waals surface area contributed by atoms with Crippen LogP contribution < -0.4 is 9.47 Å². The fourth-order valence-corrected chi connectivity index (χ4v) is 2.08. The van der Waals surface area contributed by atoms with E-state index < -0.39 is 0 Å². The summed E-state index contributed by atoms with van der Waals surface area (Å²) in [5.41, 5.74) is 1.38. The number of hydrogen-bond acceptors (Lipinski definition) is 3. The first-order valence-corrected chi connectivity index (χ1v) is 7.24. The smallest absolute Gasteiger partial charge is 0.161 e. The van der Waals surface area contributed by atoms with Crippen molar-refractivity contribution in [2.45, 2.75) is 33.6 Å². The summed E-state index contributed by atoms with van der Waals surface area (Å²) in [6.45, 7) is 6.97. The summed E-state index contributed by atoms with van der Waals surface area (Å²) in [4.78, 5) is 0. The summed E-state index contributed by atoms with van der Waals surface area (Å²) >= 11 is 6.31. The molecule has 0 aromatic heterocycles. The van der Waals surface area contributed by atoms with Crippen molar-refractivity contribution in [1.82, 2.24) is 0 Å². The number of nitriles is 1. The Balaban J connectivity index is 3.20. The van der Waals surface area contributed by atoms with Gasteiger partial charge in [-0.2, -0.15) is 5.26 Å². The molecule has 0 spiro atoms. The van der Waals surface area contributed by atoms with Crippen molar-refractivity contribution in [3.63, 3.8) is 0 Å². The summed E-state index contributed by atoms with van der Waals surface area (Å²) in [5.74, 6) is 1.34. The Morgan fingerprint density at radius 3 is 2.35 bits per heavy atom. The summed E-state index contributed by atoms with van der Waals surface area (Å²) in [6, 6.07) is 7.67. The molecule has 4 heteroatoms. The summed E-state index contributed by atoms with van der Waals surface area (Å²) < 4.78 is 11.1. The number of hydrogen-bond donors (Lipinski definition) is 0. The quantitative estimate of drug-likeness (QED) is 0.681. The van der Waals surface area contributed by atoms with Gasteiger partial charge in [0.1, 0.15) is 0 Å². The van der Waals surface area contributed by atoms with Gasteiger partial charge < -0.3 is 9.47 Å². The third-order valence-corrected chi connectivity index (χ3v) is 3.14. The van der Waals surface area contributed by atoms with Crippen LogP contribution in [0.1, 0.15) is 39.2 Å². The van der Waals surface area contributed by atoms with Crippen LogP contribution in [0.3, 0.4) is 0 Å². The lowest BCUT2D eigenvalue weighted by Crippen LogP contribution is -1.99. The molecule has 20 heavy (non-hydrogen) atoms. The molecule has 0 fully saturated rings. The maximum atomic E-state index is 9.15. The number of rotatable bonds is 7. The van der Waals surface area contributed by atoms with E-state index in [9.17, 15) is 0 Å². The molecule has 0 N–H and O–H groups in total. The first-order valence-electron chi connectivity index (χ1n) is 6.86. The van der Waals surface area contributed by atoms with E-state index in [1.165, 1.54) is 0 Å². The van der Waals surface area contributed by atoms with Gasteiger partial charge in [0.05, 0.1) is 24.3 Å². The van der Waals surface area contributed by atoms with Crippen molar-refractivity contribution in [2.24, 2.45) is 0 Å². The van der Waals surface area contributed by atoms with E-state index in [-0.39, 0.29) is 0 Å². The molecule has 0 amide bonds. The second-order valence-corrected chi connectivity index (χ2v) is 4.56.